The SMILES string of the molecule is C=CCN(CC=C)C(=O)c1ccccc1CC(N)=S. The molecule has 100 valence electrons. The van der Waals surface area contributed by atoms with Crippen molar-refractivity contribution in [3.05, 3.63) is 60.7 Å². The Bertz CT molecular complexity index is 487. The molecule has 1 aromatic rings. The summed E-state index contributed by atoms with van der Waals surface area (Å²) in [6.07, 6.45) is 3.81. The van der Waals surface area contributed by atoms with Crippen molar-refractivity contribution in [2.45, 2.75) is 6.42 Å². The van der Waals surface area contributed by atoms with Crippen LogP contribution >= 0.6 is 12.2 Å². The molecule has 0 radical (unpaired) electrons. The molecule has 4 heteroatoms. The number of nitrogens with zero attached hydrogens (tertiary/aromatic N) is 1. The molecule has 19 heavy (non-hydrogen) atoms. The highest BCUT2D eigenvalue weighted by atomic mass is 32.1. The summed E-state index contributed by atoms with van der Waals surface area (Å²) in [7, 11) is 0. The fourth-order valence-electron chi connectivity index (χ4n) is 1.79. The van der Waals surface area contributed by atoms with Crippen molar-refractivity contribution in [2.75, 3.05) is 13.1 Å². The highest BCUT2D eigenvalue weighted by molar-refractivity contribution is 7.80. The van der Waals surface area contributed by atoms with Crippen molar-refractivity contribution >= 4 is 23.1 Å². The molecule has 0 aliphatic rings. The first-order valence-corrected chi connectivity index (χ1v) is 6.38. The molecule has 1 aromatic carbocycles. The number of benzene rings is 1. The first kappa shape index (κ1) is 15.1. The lowest BCUT2D eigenvalue weighted by Crippen LogP contribution is -2.32. The van der Waals surface area contributed by atoms with Crippen molar-refractivity contribution in [1.82, 2.24) is 4.90 Å². The van der Waals surface area contributed by atoms with Crippen LogP contribution in [0.1, 0.15) is 15.9 Å². The van der Waals surface area contributed by atoms with Gasteiger partial charge in [0.05, 0.1) is 4.99 Å². The first-order valence-electron chi connectivity index (χ1n) is 5.97. The Morgan fingerprint density at radius 2 is 1.84 bits per heavy atom. The highest BCUT2D eigenvalue weighted by Gasteiger charge is 2.16. The summed E-state index contributed by atoms with van der Waals surface area (Å²) in [6.45, 7) is 8.28. The first-order chi connectivity index (χ1) is 9.10. The Labute approximate surface area is 119 Å². The lowest BCUT2D eigenvalue weighted by atomic mass is 10.0. The van der Waals surface area contributed by atoms with Crippen molar-refractivity contribution in [3.63, 3.8) is 0 Å². The van der Waals surface area contributed by atoms with Crippen molar-refractivity contribution in [1.29, 1.82) is 0 Å². The van der Waals surface area contributed by atoms with Gasteiger partial charge in [0.2, 0.25) is 0 Å². The monoisotopic (exact) mass is 274 g/mol. The molecule has 0 aromatic heterocycles. The van der Waals surface area contributed by atoms with E-state index >= 15 is 0 Å². The minimum Gasteiger partial charge on any atom is -0.393 e. The molecule has 1 rings (SSSR count). The van der Waals surface area contributed by atoms with Gasteiger partial charge in [-0.05, 0) is 11.6 Å². The number of carbonyl (C=O) groups is 1. The van der Waals surface area contributed by atoms with Gasteiger partial charge in [-0.1, -0.05) is 42.6 Å². The number of nitrogens with two attached hydrogens (primary N) is 1. The second-order valence-corrected chi connectivity index (χ2v) is 4.61. The molecule has 0 spiro atoms. The Morgan fingerprint density at radius 3 is 2.37 bits per heavy atom. The van der Waals surface area contributed by atoms with Gasteiger partial charge in [0, 0.05) is 25.1 Å². The van der Waals surface area contributed by atoms with Gasteiger partial charge in [-0.2, -0.15) is 0 Å². The fraction of sp³-hybridized carbons (Fsp3) is 0.200. The van der Waals surface area contributed by atoms with E-state index in [1.54, 1.807) is 23.1 Å². The molecule has 1 amide bonds. The van der Waals surface area contributed by atoms with Gasteiger partial charge in [0.25, 0.3) is 5.91 Å². The quantitative estimate of drug-likeness (QED) is 0.613. The third kappa shape index (κ3) is 4.34. The summed E-state index contributed by atoms with van der Waals surface area (Å²) >= 11 is 4.91. The summed E-state index contributed by atoms with van der Waals surface area (Å²) in [4.78, 5) is 14.5. The largest absolute Gasteiger partial charge is 0.393 e. The lowest BCUT2D eigenvalue weighted by Gasteiger charge is -2.20. The third-order valence-corrected chi connectivity index (χ3v) is 2.74. The minimum atomic E-state index is -0.0633. The zero-order valence-corrected chi connectivity index (χ0v) is 11.7. The molecule has 0 unspecified atom stereocenters. The molecule has 0 fully saturated rings. The topological polar surface area (TPSA) is 46.3 Å². The molecule has 0 atom stereocenters. The number of amides is 1. The predicted octanol–water partition coefficient (Wildman–Crippen LogP) is 2.33. The van der Waals surface area contributed by atoms with Gasteiger partial charge in [0.1, 0.15) is 0 Å². The van der Waals surface area contributed by atoms with Crippen LogP contribution in [0.5, 0.6) is 0 Å². The summed E-state index contributed by atoms with van der Waals surface area (Å²) in [6, 6.07) is 7.35. The molecule has 0 heterocycles. The van der Waals surface area contributed by atoms with Crippen LogP contribution in [0, 0.1) is 0 Å². The molecule has 0 bridgehead atoms. The zero-order chi connectivity index (χ0) is 14.3. The molecular formula is C15H18N2OS. The summed E-state index contributed by atoms with van der Waals surface area (Å²) in [5, 5.41) is 0. The Hall–Kier alpha value is -1.94. The molecule has 0 saturated carbocycles. The van der Waals surface area contributed by atoms with E-state index in [-0.39, 0.29) is 5.91 Å². The maximum Gasteiger partial charge on any atom is 0.254 e. The molecular weight excluding hydrogens is 256 g/mol. The Kier molecular flexibility index (Phi) is 5.96. The summed E-state index contributed by atoms with van der Waals surface area (Å²) < 4.78 is 0. The van der Waals surface area contributed by atoms with Crippen LogP contribution in [0.2, 0.25) is 0 Å². The standard InChI is InChI=1S/C15H18N2OS/c1-3-9-17(10-4-2)15(18)13-8-6-5-7-12(13)11-14(16)19/h3-8H,1-2,9-11H2,(H2,16,19). The predicted molar refractivity (Wildman–Crippen MR) is 83.2 cm³/mol. The van der Waals surface area contributed by atoms with Gasteiger partial charge in [-0.15, -0.1) is 13.2 Å². The molecule has 3 nitrogen and oxygen atoms in total. The van der Waals surface area contributed by atoms with E-state index in [1.807, 2.05) is 18.2 Å². The van der Waals surface area contributed by atoms with Crippen molar-refractivity contribution < 1.29 is 4.79 Å². The van der Waals surface area contributed by atoms with Crippen molar-refractivity contribution in [2.24, 2.45) is 5.73 Å². The van der Waals surface area contributed by atoms with E-state index in [4.69, 9.17) is 18.0 Å². The summed E-state index contributed by atoms with van der Waals surface area (Å²) in [5.74, 6) is -0.0633. The minimum absolute atomic E-state index is 0.0633. The van der Waals surface area contributed by atoms with Crippen LogP contribution < -0.4 is 5.73 Å². The number of hydrogen-bond acceptors (Lipinski definition) is 2. The van der Waals surface area contributed by atoms with Gasteiger partial charge in [-0.25, -0.2) is 0 Å². The van der Waals surface area contributed by atoms with Gasteiger partial charge >= 0.3 is 0 Å². The second-order valence-electron chi connectivity index (χ2n) is 4.09. The van der Waals surface area contributed by atoms with Gasteiger partial charge in [-0.3, -0.25) is 4.79 Å². The number of thiocarbonyl (C=S) groups is 1. The van der Waals surface area contributed by atoms with Gasteiger partial charge in [0.15, 0.2) is 0 Å². The van der Waals surface area contributed by atoms with Gasteiger partial charge < -0.3 is 10.6 Å². The van der Waals surface area contributed by atoms with Crippen LogP contribution in [0.25, 0.3) is 0 Å². The summed E-state index contributed by atoms with van der Waals surface area (Å²) in [5.41, 5.74) is 7.03. The smallest absolute Gasteiger partial charge is 0.254 e. The van der Waals surface area contributed by atoms with Crippen molar-refractivity contribution in [3.8, 4) is 0 Å². The highest BCUT2D eigenvalue weighted by Crippen LogP contribution is 2.13. The molecule has 0 saturated heterocycles. The molecule has 2 N–H and O–H groups in total. The van der Waals surface area contributed by atoms with Crippen LogP contribution in [0.3, 0.4) is 0 Å². The van der Waals surface area contributed by atoms with E-state index in [0.29, 0.717) is 30.1 Å². The average Bonchev–Trinajstić information content (AvgIpc) is 2.38. The molecule has 0 aliphatic carbocycles. The van der Waals surface area contributed by atoms with Crippen LogP contribution in [0.15, 0.2) is 49.6 Å². The Morgan fingerprint density at radius 1 is 1.26 bits per heavy atom. The maximum atomic E-state index is 12.5. The Balaban J connectivity index is 3.05. The lowest BCUT2D eigenvalue weighted by molar-refractivity contribution is 0.0790. The van der Waals surface area contributed by atoms with E-state index in [1.165, 1.54) is 0 Å². The van der Waals surface area contributed by atoms with E-state index in [0.717, 1.165) is 5.56 Å². The third-order valence-electron chi connectivity index (χ3n) is 2.60. The molecule has 0 aliphatic heterocycles. The van der Waals surface area contributed by atoms with E-state index in [9.17, 15) is 4.79 Å². The van der Waals surface area contributed by atoms with E-state index < -0.39 is 0 Å². The average molecular weight is 274 g/mol. The van der Waals surface area contributed by atoms with E-state index in [2.05, 4.69) is 13.2 Å². The van der Waals surface area contributed by atoms with Crippen LogP contribution in [-0.4, -0.2) is 28.9 Å². The second kappa shape index (κ2) is 7.48. The maximum absolute atomic E-state index is 12.5. The number of hydrogen-bond donors (Lipinski definition) is 1. The number of rotatable bonds is 7. The van der Waals surface area contributed by atoms with Crippen LogP contribution in [0.4, 0.5) is 0 Å². The number of carbonyl (C=O) groups excluding carboxylic acids is 1. The zero-order valence-electron chi connectivity index (χ0n) is 10.8. The normalized spacial score (nSPS) is 9.68. The fourth-order valence-corrected chi connectivity index (χ4v) is 1.95. The van der Waals surface area contributed by atoms with Crippen LogP contribution in [-0.2, 0) is 6.42 Å².